The maximum absolute atomic E-state index is 12.5. The van der Waals surface area contributed by atoms with Crippen LogP contribution in [0.3, 0.4) is 0 Å². The molecule has 4 aromatic rings. The molecule has 0 atom stereocenters. The number of amides is 2. The van der Waals surface area contributed by atoms with E-state index in [4.69, 9.17) is 9.84 Å². The molecule has 67 heavy (non-hydrogen) atoms. The average molecular weight is 993 g/mol. The van der Waals surface area contributed by atoms with Gasteiger partial charge < -0.3 is 24.7 Å². The Balaban J connectivity index is 0.000000252. The van der Waals surface area contributed by atoms with Crippen LogP contribution < -0.4 is 19.2 Å². The monoisotopic (exact) mass is 992 g/mol. The Hall–Kier alpha value is -6.24. The molecular weight excluding hydrogens is 945 g/mol. The average Bonchev–Trinajstić information content (AvgIpc) is 3.25. The minimum atomic E-state index is -3.85. The molecular formula is C44H48N8O11S4. The number of rotatable bonds is 20. The zero-order chi connectivity index (χ0) is 48.7. The van der Waals surface area contributed by atoms with Crippen LogP contribution in [-0.4, -0.2) is 112 Å². The molecule has 0 aliphatic carbocycles. The van der Waals surface area contributed by atoms with Crippen LogP contribution in [0.15, 0.2) is 72.8 Å². The quantitative estimate of drug-likeness (QED) is 0.0729. The first-order chi connectivity index (χ1) is 32.0. The summed E-state index contributed by atoms with van der Waals surface area (Å²) in [5.74, 6) is -2.20. The van der Waals surface area contributed by atoms with Gasteiger partial charge in [0.2, 0.25) is 31.9 Å². The van der Waals surface area contributed by atoms with Gasteiger partial charge in [-0.2, -0.15) is 34.0 Å². The molecule has 0 unspecified atom stereocenters. The summed E-state index contributed by atoms with van der Waals surface area (Å²) < 4.78 is 58.6. The zero-order valence-electron chi connectivity index (χ0n) is 36.5. The fourth-order valence-electron chi connectivity index (χ4n) is 6.72. The normalized spacial score (nSPS) is 13.7. The van der Waals surface area contributed by atoms with Crippen molar-refractivity contribution in [1.82, 2.24) is 19.4 Å². The number of aliphatic hydroxyl groups excluding tert-OH is 1. The smallest absolute Gasteiger partial charge is 0.340 e. The van der Waals surface area contributed by atoms with Gasteiger partial charge in [0.05, 0.1) is 70.2 Å². The van der Waals surface area contributed by atoms with E-state index in [2.05, 4.69) is 19.4 Å². The van der Waals surface area contributed by atoms with Crippen molar-refractivity contribution >= 4 is 79.0 Å². The van der Waals surface area contributed by atoms with E-state index in [1.54, 1.807) is 77.4 Å². The fourth-order valence-corrected chi connectivity index (χ4v) is 10.4. The van der Waals surface area contributed by atoms with E-state index >= 15 is 0 Å². The molecule has 354 valence electrons. The Kier molecular flexibility index (Phi) is 18.5. The molecule has 4 N–H and O–H groups in total. The van der Waals surface area contributed by atoms with E-state index in [1.165, 1.54) is 35.7 Å². The second-order valence-corrected chi connectivity index (χ2v) is 20.8. The Morgan fingerprint density at radius 3 is 1.57 bits per heavy atom. The highest BCUT2D eigenvalue weighted by Gasteiger charge is 2.38. The summed E-state index contributed by atoms with van der Waals surface area (Å²) in [6, 6.07) is 23.8. The van der Waals surface area contributed by atoms with Gasteiger partial charge in [0.25, 0.3) is 0 Å². The van der Waals surface area contributed by atoms with Gasteiger partial charge in [-0.1, -0.05) is 67.6 Å². The number of esters is 1. The molecule has 19 nitrogen and oxygen atoms in total. The molecule has 2 saturated heterocycles. The van der Waals surface area contributed by atoms with Crippen molar-refractivity contribution in [1.29, 1.82) is 10.5 Å². The van der Waals surface area contributed by atoms with Crippen molar-refractivity contribution in [3.05, 3.63) is 118 Å². The lowest BCUT2D eigenvalue weighted by molar-refractivity contribution is -0.124. The van der Waals surface area contributed by atoms with Crippen molar-refractivity contribution in [3.8, 4) is 12.1 Å². The number of sulfonamides is 2. The van der Waals surface area contributed by atoms with E-state index in [0.29, 0.717) is 51.4 Å². The number of carboxylic acids is 1. The van der Waals surface area contributed by atoms with Gasteiger partial charge >= 0.3 is 11.9 Å². The highest BCUT2D eigenvalue weighted by atomic mass is 32.2. The summed E-state index contributed by atoms with van der Waals surface area (Å²) in [7, 11) is -7.69. The van der Waals surface area contributed by atoms with Gasteiger partial charge in [-0.05, 0) is 35.9 Å². The minimum absolute atomic E-state index is 0.0203. The maximum atomic E-state index is 12.5. The van der Waals surface area contributed by atoms with Gasteiger partial charge in [-0.3, -0.25) is 19.0 Å². The van der Waals surface area contributed by atoms with Gasteiger partial charge in [-0.15, -0.1) is 0 Å². The van der Waals surface area contributed by atoms with Crippen molar-refractivity contribution in [2.75, 3.05) is 60.7 Å². The lowest BCUT2D eigenvalue weighted by atomic mass is 9.98. The first-order valence-electron chi connectivity index (χ1n) is 20.7. The van der Waals surface area contributed by atoms with Crippen LogP contribution in [-0.2, 0) is 57.4 Å². The molecule has 2 aliphatic heterocycles. The lowest BCUT2D eigenvalue weighted by Gasteiger charge is -2.39. The molecule has 0 radical (unpaired) electrons. The predicted molar refractivity (Wildman–Crippen MR) is 252 cm³/mol. The van der Waals surface area contributed by atoms with Crippen LogP contribution in [0.4, 0.5) is 11.6 Å². The fraction of sp³-hybridized carbons (Fsp3) is 0.364. The van der Waals surface area contributed by atoms with Gasteiger partial charge in [0.1, 0.15) is 23.8 Å². The second-order valence-electron chi connectivity index (χ2n) is 15.0. The highest BCUT2D eigenvalue weighted by Crippen LogP contribution is 2.31. The standard InChI is InChI=1S/C23H26N4O6S2.C21H22N4O5S2/c1-2-33-23(30)19-10-17(11-24)21(25-20(19)14-34-9-8-28)27-12-18(13-27)22(29)26-35(31,32)15-16-6-4-3-5-7-16;1-2-31-12-18-17(21(27)28)8-15(9-22)19(23-18)25-10-16(11-25)20(26)24-32(29,30)13-14-6-4-3-5-7-14/h3-7,10,18,28H,2,8-9,12-15H2,1H3,(H,26,29);3-8,16H,2,10-13H2,1H3,(H,24,26)(H,27,28). The Morgan fingerprint density at radius 2 is 1.16 bits per heavy atom. The largest absolute Gasteiger partial charge is 0.478 e. The number of benzene rings is 2. The third-order valence-corrected chi connectivity index (χ3v) is 14.3. The summed E-state index contributed by atoms with van der Waals surface area (Å²) in [5, 5.41) is 37.6. The van der Waals surface area contributed by atoms with E-state index < -0.39 is 55.6 Å². The van der Waals surface area contributed by atoms with Crippen LogP contribution in [0, 0.1) is 34.5 Å². The predicted octanol–water partition coefficient (Wildman–Crippen LogP) is 3.42. The number of pyridine rings is 2. The first kappa shape index (κ1) is 51.7. The van der Waals surface area contributed by atoms with Crippen LogP contribution in [0.25, 0.3) is 0 Å². The van der Waals surface area contributed by atoms with Crippen molar-refractivity contribution in [3.63, 3.8) is 0 Å². The Morgan fingerprint density at radius 1 is 0.731 bits per heavy atom. The van der Waals surface area contributed by atoms with E-state index in [0.717, 1.165) is 5.75 Å². The summed E-state index contributed by atoms with van der Waals surface area (Å²) >= 11 is 2.88. The minimum Gasteiger partial charge on any atom is -0.478 e. The van der Waals surface area contributed by atoms with Gasteiger partial charge in [0.15, 0.2) is 0 Å². The van der Waals surface area contributed by atoms with Crippen molar-refractivity contribution < 1.29 is 51.0 Å². The molecule has 0 spiro atoms. The topological polar surface area (TPSA) is 290 Å². The molecule has 0 bridgehead atoms. The summed E-state index contributed by atoms with van der Waals surface area (Å²) in [6.45, 7) is 4.48. The molecule has 2 aromatic heterocycles. The van der Waals surface area contributed by atoms with E-state index in [1.807, 2.05) is 19.1 Å². The number of anilines is 2. The van der Waals surface area contributed by atoms with Crippen molar-refractivity contribution in [2.45, 2.75) is 36.9 Å². The number of aliphatic hydroxyl groups is 1. The number of aromatic carboxylic acids is 1. The number of hydrogen-bond donors (Lipinski definition) is 4. The molecule has 23 heteroatoms. The number of carbonyl (C=O) groups is 4. The van der Waals surface area contributed by atoms with Crippen LogP contribution in [0.2, 0.25) is 0 Å². The summed E-state index contributed by atoms with van der Waals surface area (Å²) in [4.78, 5) is 61.2. The van der Waals surface area contributed by atoms with E-state index in [9.17, 15) is 51.6 Å². The number of carbonyl (C=O) groups excluding carboxylic acids is 3. The van der Waals surface area contributed by atoms with E-state index in [-0.39, 0.29) is 73.2 Å². The summed E-state index contributed by atoms with van der Waals surface area (Å²) in [6.07, 6.45) is 0. The SMILES string of the molecule is CCOC(=O)c1cc(C#N)c(N2CC(C(=O)NS(=O)(=O)Cc3ccccc3)C2)nc1CSCCO.CCSCc1nc(N2CC(C(=O)NS(=O)(=O)Cc3ccccc3)C2)c(C#N)cc1C(=O)O. The second kappa shape index (κ2) is 24.0. The zero-order valence-corrected chi connectivity index (χ0v) is 39.7. The number of ether oxygens (including phenoxy) is 1. The third kappa shape index (κ3) is 14.4. The molecule has 0 saturated carbocycles. The van der Waals surface area contributed by atoms with Crippen LogP contribution >= 0.6 is 23.5 Å². The first-order valence-corrected chi connectivity index (χ1v) is 26.3. The van der Waals surface area contributed by atoms with Gasteiger partial charge in [0, 0.05) is 43.4 Å². The summed E-state index contributed by atoms with van der Waals surface area (Å²) in [5.41, 5.74) is 2.32. The maximum Gasteiger partial charge on any atom is 0.340 e. The molecule has 4 heterocycles. The number of hydrogen-bond acceptors (Lipinski definition) is 18. The number of nitriles is 2. The van der Waals surface area contributed by atoms with Gasteiger partial charge in [-0.25, -0.2) is 36.4 Å². The number of nitrogens with one attached hydrogen (secondary N) is 2. The number of carboxylic acid groups (broad SMARTS) is 1. The number of thioether (sulfide) groups is 2. The van der Waals surface area contributed by atoms with Crippen molar-refractivity contribution in [2.24, 2.45) is 11.8 Å². The lowest BCUT2D eigenvalue weighted by Crippen LogP contribution is -2.55. The molecule has 2 fully saturated rings. The molecule has 2 aromatic carbocycles. The number of aromatic nitrogens is 2. The Labute approximate surface area is 397 Å². The molecule has 2 amide bonds. The molecule has 6 rings (SSSR count). The Bertz CT molecular complexity index is 2740. The highest BCUT2D eigenvalue weighted by molar-refractivity contribution is 7.98. The third-order valence-electron chi connectivity index (χ3n) is 10.1. The van der Waals surface area contributed by atoms with Crippen LogP contribution in [0.1, 0.15) is 68.2 Å². The number of nitrogens with zero attached hydrogens (tertiary/aromatic N) is 6. The molecule has 2 aliphatic rings. The van der Waals surface area contributed by atoms with Crippen LogP contribution in [0.5, 0.6) is 0 Å².